The van der Waals surface area contributed by atoms with E-state index in [-0.39, 0.29) is 89.8 Å². The van der Waals surface area contributed by atoms with E-state index in [9.17, 15) is 24.0 Å². The molecule has 0 spiro atoms. The molecular weight excluding hydrogens is 579 g/mol. The first-order chi connectivity index (χ1) is 22.0. The van der Waals surface area contributed by atoms with Crippen LogP contribution in [0.2, 0.25) is 10.0 Å². The Bertz CT molecular complexity index is 1470. The summed E-state index contributed by atoms with van der Waals surface area (Å²) >= 11 is 11.3. The summed E-state index contributed by atoms with van der Waals surface area (Å²) in [5.74, 6) is -4.09. The molecule has 224 valence electrons. The van der Waals surface area contributed by atoms with Crippen LogP contribution in [-0.4, -0.2) is 61.8 Å². The van der Waals surface area contributed by atoms with Gasteiger partial charge >= 0.3 is 23.9 Å². The van der Waals surface area contributed by atoms with Crippen LogP contribution in [0.3, 0.4) is 0 Å². The predicted molar refractivity (Wildman–Crippen MR) is 155 cm³/mol. The zero-order valence-corrected chi connectivity index (χ0v) is 24.4. The van der Waals surface area contributed by atoms with E-state index >= 15 is 0 Å². The molecule has 0 amide bonds. The van der Waals surface area contributed by atoms with Crippen LogP contribution in [0.5, 0.6) is 0 Å². The highest BCUT2D eigenvalue weighted by atomic mass is 35.5. The standard InChI is InChI=1S/C14H16ClNO4.C8H12O5.C6H6ClN/c1-3-19-13(17)9-12(14(18)20-4-2)16-11-7-5-6-10(15)8-11;1-3-12-7(10)5-6(9)8(11)13-4-2;7-5-2-1-3-6(8)4-5/h5-8H,3-4,9H2,1-2H3;3-5H2,1-2H3;1-4H,8H2/i6D,7D,8D;;2D,3D,4D. The van der Waals surface area contributed by atoms with Crippen LogP contribution in [0.4, 0.5) is 11.4 Å². The van der Waals surface area contributed by atoms with Crippen LogP contribution < -0.4 is 5.73 Å². The van der Waals surface area contributed by atoms with Crippen LogP contribution >= 0.6 is 23.2 Å². The quantitative estimate of drug-likeness (QED) is 0.0913. The maximum atomic E-state index is 11.9. The molecule has 0 heterocycles. The van der Waals surface area contributed by atoms with Crippen LogP contribution in [-0.2, 0) is 42.9 Å². The Labute approximate surface area is 257 Å². The van der Waals surface area contributed by atoms with E-state index in [1.807, 2.05) is 0 Å². The molecule has 0 saturated carbocycles. The van der Waals surface area contributed by atoms with E-state index < -0.39 is 42.5 Å². The van der Waals surface area contributed by atoms with Crippen LogP contribution in [0, 0.1) is 0 Å². The molecular formula is C28H34Cl2N2O9. The number of aliphatic imine (C=N–C) groups is 1. The lowest BCUT2D eigenvalue weighted by Crippen LogP contribution is -2.22. The summed E-state index contributed by atoms with van der Waals surface area (Å²) in [4.78, 5) is 59.6. The topological polar surface area (TPSA) is 161 Å². The minimum absolute atomic E-state index is 0.00139. The first-order valence-electron chi connectivity index (χ1n) is 15.0. The van der Waals surface area contributed by atoms with Crippen molar-refractivity contribution in [1.82, 2.24) is 0 Å². The molecule has 0 saturated heterocycles. The summed E-state index contributed by atoms with van der Waals surface area (Å²) in [7, 11) is 0. The number of carbonyl (C=O) groups is 5. The lowest BCUT2D eigenvalue weighted by atomic mass is 10.2. The summed E-state index contributed by atoms with van der Waals surface area (Å²) in [6.07, 6.45) is -1.00. The third-order valence-electron chi connectivity index (χ3n) is 3.80. The average Bonchev–Trinajstić information content (AvgIpc) is 3.00. The number of carbonyl (C=O) groups excluding carboxylic acids is 5. The van der Waals surface area contributed by atoms with E-state index in [0.29, 0.717) is 0 Å². The van der Waals surface area contributed by atoms with Gasteiger partial charge in [0.25, 0.3) is 5.78 Å². The fourth-order valence-electron chi connectivity index (χ4n) is 2.25. The Morgan fingerprint density at radius 2 is 1.22 bits per heavy atom. The highest BCUT2D eigenvalue weighted by molar-refractivity contribution is 6.40. The zero-order chi connectivity index (χ0) is 36.4. The fraction of sp³-hybridized carbons (Fsp3) is 0.357. The lowest BCUT2D eigenvalue weighted by Gasteiger charge is -2.06. The molecule has 2 rings (SSSR count). The Kier molecular flexibility index (Phi) is 14.5. The Hall–Kier alpha value is -3.96. The number of hydrogen-bond acceptors (Lipinski definition) is 11. The van der Waals surface area contributed by atoms with Gasteiger partial charge in [-0.2, -0.15) is 0 Å². The monoisotopic (exact) mass is 618 g/mol. The fourth-order valence-corrected chi connectivity index (χ4v) is 2.55. The highest BCUT2D eigenvalue weighted by Crippen LogP contribution is 2.19. The second-order valence-corrected chi connectivity index (χ2v) is 7.65. The molecule has 11 nitrogen and oxygen atoms in total. The van der Waals surface area contributed by atoms with Gasteiger partial charge in [-0.3, -0.25) is 14.4 Å². The largest absolute Gasteiger partial charge is 0.466 e. The van der Waals surface area contributed by atoms with Gasteiger partial charge in [0.2, 0.25) is 0 Å². The number of anilines is 1. The van der Waals surface area contributed by atoms with Gasteiger partial charge in [0.1, 0.15) is 12.1 Å². The average molecular weight is 620 g/mol. The molecule has 41 heavy (non-hydrogen) atoms. The minimum Gasteiger partial charge on any atom is -0.466 e. The van der Waals surface area contributed by atoms with Crippen LogP contribution in [0.25, 0.3) is 0 Å². The number of ether oxygens (including phenoxy) is 4. The van der Waals surface area contributed by atoms with E-state index in [1.54, 1.807) is 27.7 Å². The second-order valence-electron chi connectivity index (χ2n) is 6.89. The third kappa shape index (κ3) is 18.1. The van der Waals surface area contributed by atoms with Gasteiger partial charge in [-0.05, 0) is 63.9 Å². The number of ketones is 1. The van der Waals surface area contributed by atoms with Crippen molar-refractivity contribution in [3.8, 4) is 0 Å². The highest BCUT2D eigenvalue weighted by Gasteiger charge is 2.19. The summed E-state index contributed by atoms with van der Waals surface area (Å²) in [5.41, 5.74) is 4.83. The molecule has 0 aromatic heterocycles. The number of nitrogen functional groups attached to an aromatic ring is 1. The normalized spacial score (nSPS) is 12.1. The van der Waals surface area contributed by atoms with E-state index in [4.69, 9.17) is 46.6 Å². The van der Waals surface area contributed by atoms with Crippen molar-refractivity contribution < 1.29 is 51.1 Å². The smallest absolute Gasteiger partial charge is 0.375 e. The van der Waals surface area contributed by atoms with E-state index in [1.165, 1.54) is 6.07 Å². The number of benzene rings is 2. The van der Waals surface area contributed by atoms with Crippen molar-refractivity contribution >= 4 is 69.9 Å². The maximum absolute atomic E-state index is 11.9. The van der Waals surface area contributed by atoms with Gasteiger partial charge in [-0.15, -0.1) is 0 Å². The lowest BCUT2D eigenvalue weighted by molar-refractivity contribution is -0.157. The summed E-state index contributed by atoms with van der Waals surface area (Å²) < 4.78 is 63.1. The predicted octanol–water partition coefficient (Wildman–Crippen LogP) is 4.92. The van der Waals surface area contributed by atoms with Gasteiger partial charge in [0.05, 0.1) is 46.8 Å². The molecule has 0 aliphatic carbocycles. The number of esters is 4. The number of nitrogens with two attached hydrogens (primary N) is 1. The Morgan fingerprint density at radius 1 is 0.732 bits per heavy atom. The van der Waals surface area contributed by atoms with E-state index in [2.05, 4.69) is 14.5 Å². The van der Waals surface area contributed by atoms with Gasteiger partial charge < -0.3 is 24.7 Å². The zero-order valence-electron chi connectivity index (χ0n) is 28.9. The first kappa shape index (κ1) is 27.2. The van der Waals surface area contributed by atoms with Gasteiger partial charge in [-0.25, -0.2) is 14.6 Å². The first-order valence-corrected chi connectivity index (χ1v) is 12.8. The molecule has 2 aromatic carbocycles. The molecule has 0 aliphatic rings. The van der Waals surface area contributed by atoms with Crippen molar-refractivity contribution in [2.45, 2.75) is 40.5 Å². The summed E-state index contributed by atoms with van der Waals surface area (Å²) in [6.45, 7) is 6.94. The molecule has 2 aromatic rings. The molecule has 0 atom stereocenters. The second kappa shape index (κ2) is 21.8. The summed E-state index contributed by atoms with van der Waals surface area (Å²) in [6, 6.07) is 1.32. The van der Waals surface area contributed by atoms with Crippen molar-refractivity contribution in [3.63, 3.8) is 0 Å². The number of nitrogens with zero attached hydrogens (tertiary/aromatic N) is 1. The number of halogens is 2. The van der Waals surface area contributed by atoms with Crippen molar-refractivity contribution in [2.75, 3.05) is 32.2 Å². The summed E-state index contributed by atoms with van der Waals surface area (Å²) in [5, 5.41) is -0.197. The molecule has 0 aliphatic heterocycles. The number of hydrogen-bond donors (Lipinski definition) is 1. The molecule has 2 N–H and O–H groups in total. The minimum atomic E-state index is -0.990. The van der Waals surface area contributed by atoms with Crippen molar-refractivity contribution in [2.24, 2.45) is 4.99 Å². The molecule has 0 fully saturated rings. The maximum Gasteiger partial charge on any atom is 0.375 e. The Morgan fingerprint density at radius 3 is 1.78 bits per heavy atom. The van der Waals surface area contributed by atoms with E-state index in [0.717, 1.165) is 6.07 Å². The molecule has 0 unspecified atom stereocenters. The van der Waals surface area contributed by atoms with Gasteiger partial charge in [0, 0.05) is 15.7 Å². The molecule has 0 bridgehead atoms. The van der Waals surface area contributed by atoms with Crippen molar-refractivity contribution in [1.29, 1.82) is 0 Å². The van der Waals surface area contributed by atoms with Gasteiger partial charge in [-0.1, -0.05) is 35.3 Å². The SMILES string of the molecule is CCOC(=O)CC(=O)C(=O)OCC.[2H]c1cc([2H])c(Cl)c([2H])c1N.[2H]c1cc([2H])c(N=C(CC(=O)OCC)C(=O)OCC)c([2H])c1Cl. The van der Waals surface area contributed by atoms with Gasteiger partial charge in [0.15, 0.2) is 0 Å². The van der Waals surface area contributed by atoms with Crippen LogP contribution in [0.1, 0.15) is 48.8 Å². The molecule has 13 heteroatoms. The van der Waals surface area contributed by atoms with Crippen LogP contribution in [0.15, 0.2) is 53.4 Å². The number of rotatable bonds is 11. The molecule has 0 radical (unpaired) electrons. The van der Waals surface area contributed by atoms with Crippen molar-refractivity contribution in [3.05, 3.63) is 58.4 Å². The number of Topliss-reactive ketones (excluding diaryl/α,β-unsaturated/α-hetero) is 1. The third-order valence-corrected chi connectivity index (χ3v) is 4.20. The Balaban J connectivity index is 0.000000744.